The highest BCUT2D eigenvalue weighted by atomic mass is 35.5. The molecular formula is C14H16Cl2N2O2. The van der Waals surface area contributed by atoms with Gasteiger partial charge in [-0.05, 0) is 12.1 Å². The molecule has 0 spiro atoms. The van der Waals surface area contributed by atoms with Crippen molar-refractivity contribution in [2.24, 2.45) is 0 Å². The van der Waals surface area contributed by atoms with Gasteiger partial charge in [-0.25, -0.2) is 0 Å². The van der Waals surface area contributed by atoms with Gasteiger partial charge in [-0.2, -0.15) is 0 Å². The molecule has 1 heterocycles. The van der Waals surface area contributed by atoms with E-state index in [9.17, 15) is 0 Å². The quantitative estimate of drug-likeness (QED) is 0.873. The molecule has 4 nitrogen and oxygen atoms in total. The fourth-order valence-corrected chi connectivity index (χ4v) is 1.91. The molecule has 2 aromatic rings. The third-order valence-corrected chi connectivity index (χ3v) is 3.39. The van der Waals surface area contributed by atoms with Crippen LogP contribution < -0.4 is 10.1 Å². The first-order chi connectivity index (χ1) is 9.56. The minimum Gasteiger partial charge on any atom is -0.484 e. The van der Waals surface area contributed by atoms with Gasteiger partial charge < -0.3 is 14.6 Å². The summed E-state index contributed by atoms with van der Waals surface area (Å²) in [6.07, 6.45) is 0. The Bertz CT molecular complexity index is 570. The standard InChI is InChI=1S/C14H16Cl2N2O2/c1-9(2)17-7-10-6-11(20-18-10)8-19-13-5-3-4-12(15)14(13)16/h3-6,9,17H,7-8H2,1-2H3. The van der Waals surface area contributed by atoms with Crippen molar-refractivity contribution in [3.05, 3.63) is 45.8 Å². The van der Waals surface area contributed by atoms with Crippen LogP contribution in [0.2, 0.25) is 10.0 Å². The van der Waals surface area contributed by atoms with Crippen molar-refractivity contribution in [1.29, 1.82) is 0 Å². The van der Waals surface area contributed by atoms with Gasteiger partial charge in [0.05, 0.1) is 10.7 Å². The lowest BCUT2D eigenvalue weighted by Crippen LogP contribution is -2.21. The van der Waals surface area contributed by atoms with Gasteiger partial charge >= 0.3 is 0 Å². The Morgan fingerprint density at radius 1 is 1.35 bits per heavy atom. The van der Waals surface area contributed by atoms with Gasteiger partial charge in [0.25, 0.3) is 0 Å². The second kappa shape index (κ2) is 6.97. The average molecular weight is 315 g/mol. The number of nitrogens with one attached hydrogen (secondary N) is 1. The molecule has 0 unspecified atom stereocenters. The van der Waals surface area contributed by atoms with Crippen LogP contribution in [0.1, 0.15) is 25.3 Å². The largest absolute Gasteiger partial charge is 0.484 e. The normalized spacial score (nSPS) is 11.1. The molecule has 0 aliphatic heterocycles. The third-order valence-electron chi connectivity index (χ3n) is 2.59. The molecule has 0 atom stereocenters. The lowest BCUT2D eigenvalue weighted by atomic mass is 10.3. The van der Waals surface area contributed by atoms with Gasteiger partial charge in [-0.3, -0.25) is 0 Å². The zero-order chi connectivity index (χ0) is 14.5. The summed E-state index contributed by atoms with van der Waals surface area (Å²) in [6, 6.07) is 7.50. The SMILES string of the molecule is CC(C)NCc1cc(COc2cccc(Cl)c2Cl)on1. The average Bonchev–Trinajstić information content (AvgIpc) is 2.86. The summed E-state index contributed by atoms with van der Waals surface area (Å²) >= 11 is 12.0. The molecule has 0 radical (unpaired) electrons. The van der Waals surface area contributed by atoms with Gasteiger partial charge in [0, 0.05) is 18.7 Å². The Kier molecular flexibility index (Phi) is 5.29. The minimum atomic E-state index is 0.259. The van der Waals surface area contributed by atoms with Gasteiger partial charge in [-0.1, -0.05) is 48.3 Å². The van der Waals surface area contributed by atoms with E-state index >= 15 is 0 Å². The summed E-state index contributed by atoms with van der Waals surface area (Å²) in [6.45, 7) is 5.07. The van der Waals surface area contributed by atoms with Crippen molar-refractivity contribution in [2.45, 2.75) is 33.0 Å². The van der Waals surface area contributed by atoms with Crippen molar-refractivity contribution < 1.29 is 9.26 Å². The van der Waals surface area contributed by atoms with Crippen LogP contribution in [0.25, 0.3) is 0 Å². The van der Waals surface area contributed by atoms with Crippen LogP contribution in [0.5, 0.6) is 5.75 Å². The molecule has 0 aliphatic rings. The molecule has 0 fully saturated rings. The molecule has 20 heavy (non-hydrogen) atoms. The highest BCUT2D eigenvalue weighted by Crippen LogP contribution is 2.31. The van der Waals surface area contributed by atoms with E-state index < -0.39 is 0 Å². The summed E-state index contributed by atoms with van der Waals surface area (Å²) in [5.74, 6) is 1.17. The molecular weight excluding hydrogens is 299 g/mol. The second-order valence-electron chi connectivity index (χ2n) is 4.66. The first-order valence-electron chi connectivity index (χ1n) is 6.31. The smallest absolute Gasteiger partial charge is 0.174 e. The maximum atomic E-state index is 6.04. The molecule has 2 rings (SSSR count). The molecule has 0 bridgehead atoms. The molecule has 1 aromatic heterocycles. The van der Waals surface area contributed by atoms with Crippen molar-refractivity contribution in [3.63, 3.8) is 0 Å². The minimum absolute atomic E-state index is 0.259. The summed E-state index contributed by atoms with van der Waals surface area (Å²) in [5, 5.41) is 8.09. The zero-order valence-corrected chi connectivity index (χ0v) is 12.8. The molecule has 1 aromatic carbocycles. The van der Waals surface area contributed by atoms with Crippen molar-refractivity contribution in [2.75, 3.05) is 0 Å². The maximum Gasteiger partial charge on any atom is 0.174 e. The Morgan fingerprint density at radius 3 is 2.90 bits per heavy atom. The van der Waals surface area contributed by atoms with E-state index in [0.29, 0.717) is 34.1 Å². The van der Waals surface area contributed by atoms with E-state index in [1.165, 1.54) is 0 Å². The number of ether oxygens (including phenoxy) is 1. The highest BCUT2D eigenvalue weighted by molar-refractivity contribution is 6.42. The number of hydrogen-bond donors (Lipinski definition) is 1. The van der Waals surface area contributed by atoms with E-state index in [-0.39, 0.29) is 6.61 Å². The zero-order valence-electron chi connectivity index (χ0n) is 11.3. The lowest BCUT2D eigenvalue weighted by molar-refractivity contribution is 0.248. The number of aromatic nitrogens is 1. The van der Waals surface area contributed by atoms with Gasteiger partial charge in [0.2, 0.25) is 0 Å². The number of rotatable bonds is 6. The summed E-state index contributed by atoms with van der Waals surface area (Å²) in [5.41, 5.74) is 0.842. The highest BCUT2D eigenvalue weighted by Gasteiger charge is 2.09. The van der Waals surface area contributed by atoms with E-state index in [1.807, 2.05) is 6.07 Å². The topological polar surface area (TPSA) is 47.3 Å². The third kappa shape index (κ3) is 4.13. The van der Waals surface area contributed by atoms with Crippen LogP contribution in [-0.2, 0) is 13.2 Å². The molecule has 0 saturated heterocycles. The molecule has 1 N–H and O–H groups in total. The Hall–Kier alpha value is -1.23. The Labute approximate surface area is 128 Å². The van der Waals surface area contributed by atoms with E-state index in [4.69, 9.17) is 32.5 Å². The van der Waals surface area contributed by atoms with Crippen molar-refractivity contribution in [1.82, 2.24) is 10.5 Å². The number of hydrogen-bond acceptors (Lipinski definition) is 4. The number of nitrogens with zero attached hydrogens (tertiary/aromatic N) is 1. The summed E-state index contributed by atoms with van der Waals surface area (Å²) in [4.78, 5) is 0. The molecule has 108 valence electrons. The van der Waals surface area contributed by atoms with Crippen LogP contribution in [-0.4, -0.2) is 11.2 Å². The van der Waals surface area contributed by atoms with Gasteiger partial charge in [-0.15, -0.1) is 0 Å². The monoisotopic (exact) mass is 314 g/mol. The van der Waals surface area contributed by atoms with Crippen LogP contribution in [0.3, 0.4) is 0 Å². The van der Waals surface area contributed by atoms with E-state index in [2.05, 4.69) is 24.3 Å². The fourth-order valence-electron chi connectivity index (χ4n) is 1.56. The first-order valence-corrected chi connectivity index (χ1v) is 7.06. The maximum absolute atomic E-state index is 6.04. The predicted molar refractivity (Wildman–Crippen MR) is 79.3 cm³/mol. The fraction of sp³-hybridized carbons (Fsp3) is 0.357. The Balaban J connectivity index is 1.92. The van der Waals surface area contributed by atoms with Crippen LogP contribution in [0, 0.1) is 0 Å². The number of benzene rings is 1. The van der Waals surface area contributed by atoms with E-state index in [1.54, 1.807) is 18.2 Å². The summed E-state index contributed by atoms with van der Waals surface area (Å²) in [7, 11) is 0. The molecule has 0 saturated carbocycles. The van der Waals surface area contributed by atoms with Crippen LogP contribution in [0.4, 0.5) is 0 Å². The Morgan fingerprint density at radius 2 is 2.15 bits per heavy atom. The van der Waals surface area contributed by atoms with Gasteiger partial charge in [0.1, 0.15) is 17.4 Å². The summed E-state index contributed by atoms with van der Waals surface area (Å²) < 4.78 is 10.8. The van der Waals surface area contributed by atoms with Crippen molar-refractivity contribution >= 4 is 23.2 Å². The number of halogens is 2. The van der Waals surface area contributed by atoms with Crippen molar-refractivity contribution in [3.8, 4) is 5.75 Å². The van der Waals surface area contributed by atoms with Gasteiger partial charge in [0.15, 0.2) is 5.76 Å². The second-order valence-corrected chi connectivity index (χ2v) is 5.45. The predicted octanol–water partition coefficient (Wildman–Crippen LogP) is 4.06. The molecule has 0 amide bonds. The van der Waals surface area contributed by atoms with E-state index in [0.717, 1.165) is 5.69 Å². The van der Waals surface area contributed by atoms with Crippen LogP contribution >= 0.6 is 23.2 Å². The first kappa shape index (κ1) is 15.2. The lowest BCUT2D eigenvalue weighted by Gasteiger charge is -2.06. The molecule has 6 heteroatoms. The molecule has 0 aliphatic carbocycles. The van der Waals surface area contributed by atoms with Crippen LogP contribution in [0.15, 0.2) is 28.8 Å².